The van der Waals surface area contributed by atoms with Crippen molar-refractivity contribution in [3.63, 3.8) is 0 Å². The number of carbonyl (C=O) groups excluding carboxylic acids is 6. The smallest absolute Gasteiger partial charge is 0.508 e. The van der Waals surface area contributed by atoms with Gasteiger partial charge >= 0.3 is 26.2 Å². The monoisotopic (exact) mass is 1050 g/mol. The molecule has 2 saturated heterocycles. The van der Waals surface area contributed by atoms with Gasteiger partial charge in [-0.2, -0.15) is 0 Å². The second-order valence-corrected chi connectivity index (χ2v) is 19.8. The topological polar surface area (TPSA) is 328 Å². The van der Waals surface area contributed by atoms with E-state index >= 15 is 0 Å². The molecule has 76 heavy (non-hydrogen) atoms. The van der Waals surface area contributed by atoms with Crippen LogP contribution in [0.5, 0.6) is 0 Å². The largest absolute Gasteiger partial charge is 0.552 e. The quantitative estimate of drug-likeness (QED) is 0.0495. The number of nitrogens with one attached hydrogen (secondary N) is 4. The van der Waals surface area contributed by atoms with E-state index in [4.69, 9.17) is 18.6 Å². The van der Waals surface area contributed by atoms with Crippen LogP contribution in [0.2, 0.25) is 0 Å². The Hall–Kier alpha value is -7.53. The maximum atomic E-state index is 14.0. The highest BCUT2D eigenvalue weighted by Crippen LogP contribution is 2.38. The average Bonchev–Trinajstić information content (AvgIpc) is 3.38. The summed E-state index contributed by atoms with van der Waals surface area (Å²) in [6.45, 7) is 9.51. The number of rotatable bonds is 23. The van der Waals surface area contributed by atoms with Gasteiger partial charge in [0.1, 0.15) is 23.5 Å². The van der Waals surface area contributed by atoms with Crippen LogP contribution in [0.15, 0.2) is 97.1 Å². The molecular formula is C52H62B2N6O16. The number of aliphatic hydroxyl groups excluding tert-OH is 2. The lowest BCUT2D eigenvalue weighted by Crippen LogP contribution is -2.65. The molecule has 0 saturated carbocycles. The van der Waals surface area contributed by atoms with Crippen molar-refractivity contribution in [2.24, 2.45) is 11.8 Å². The molecule has 402 valence electrons. The van der Waals surface area contributed by atoms with E-state index in [-0.39, 0.29) is 36.1 Å². The maximum absolute atomic E-state index is 14.0. The van der Waals surface area contributed by atoms with Crippen molar-refractivity contribution < 1.29 is 77.4 Å². The second-order valence-electron chi connectivity index (χ2n) is 19.8. The SMILES string of the molecule is CC(C)C[C@H](NC(=O)[C@@H](NC(=O)c1cccc(-c2ccccc2)n1)[C@@H](C)O)B1OC(=O)C[C@@](CC[C@@]2(C(=O)O)CC(=O)OB([C@H](CC(C)C)NC(=O)[C@@H](NC(=O)c3cccc(-c4ccccc4)n3)[C@@H](C)O)O2)(C(=O)O)O1. The van der Waals surface area contributed by atoms with Crippen molar-refractivity contribution >= 4 is 61.7 Å². The van der Waals surface area contributed by atoms with Crippen molar-refractivity contribution in [1.82, 2.24) is 31.2 Å². The summed E-state index contributed by atoms with van der Waals surface area (Å²) in [5.74, 6) is -12.3. The second kappa shape index (κ2) is 25.3. The molecule has 24 heteroatoms. The molecule has 2 aliphatic rings. The first-order valence-corrected chi connectivity index (χ1v) is 24.8. The van der Waals surface area contributed by atoms with Gasteiger partial charge in [-0.3, -0.25) is 28.8 Å². The number of carboxylic acid groups (broad SMARTS) is 2. The number of nitrogens with zero attached hydrogens (tertiary/aromatic N) is 2. The molecule has 6 rings (SSSR count). The molecule has 0 unspecified atom stereocenters. The van der Waals surface area contributed by atoms with Crippen LogP contribution in [-0.4, -0.2) is 140 Å². The molecule has 0 radical (unpaired) electrons. The zero-order valence-electron chi connectivity index (χ0n) is 42.8. The number of carbonyl (C=O) groups is 8. The van der Waals surface area contributed by atoms with Gasteiger partial charge in [-0.25, -0.2) is 19.6 Å². The number of amides is 4. The fourth-order valence-corrected chi connectivity index (χ4v) is 8.82. The summed E-state index contributed by atoms with van der Waals surface area (Å²) in [5.41, 5.74) is -2.84. The predicted molar refractivity (Wildman–Crippen MR) is 273 cm³/mol. The van der Waals surface area contributed by atoms with Crippen LogP contribution in [0, 0.1) is 11.8 Å². The molecule has 2 aromatic carbocycles. The lowest BCUT2D eigenvalue weighted by Gasteiger charge is -2.42. The molecule has 2 fully saturated rings. The molecule has 2 aromatic heterocycles. The van der Waals surface area contributed by atoms with Gasteiger partial charge in [-0.15, -0.1) is 0 Å². The first-order valence-electron chi connectivity index (χ1n) is 24.8. The minimum atomic E-state index is -2.54. The van der Waals surface area contributed by atoms with E-state index in [0.717, 1.165) is 11.1 Å². The number of aliphatic hydroxyl groups is 2. The average molecular weight is 1050 g/mol. The molecule has 8 N–H and O–H groups in total. The van der Waals surface area contributed by atoms with Gasteiger partial charge in [0.25, 0.3) is 23.8 Å². The Morgan fingerprint density at radius 3 is 1.21 bits per heavy atom. The van der Waals surface area contributed by atoms with Crippen LogP contribution in [0.25, 0.3) is 22.5 Å². The third kappa shape index (κ3) is 14.6. The first-order chi connectivity index (χ1) is 36.0. The van der Waals surface area contributed by atoms with E-state index in [1.165, 1.54) is 26.0 Å². The molecule has 2 aliphatic heterocycles. The molecular weight excluding hydrogens is 986 g/mol. The van der Waals surface area contributed by atoms with Crippen LogP contribution in [-0.2, 0) is 47.4 Å². The molecule has 4 heterocycles. The summed E-state index contributed by atoms with van der Waals surface area (Å²) in [6.07, 6.45) is -6.47. The van der Waals surface area contributed by atoms with Crippen LogP contribution in [0.1, 0.15) is 101 Å². The highest BCUT2D eigenvalue weighted by Gasteiger charge is 2.58. The molecule has 0 spiro atoms. The zero-order chi connectivity index (χ0) is 55.5. The van der Waals surface area contributed by atoms with Gasteiger partial charge in [0.15, 0.2) is 11.2 Å². The van der Waals surface area contributed by atoms with Crippen molar-refractivity contribution in [2.45, 2.75) is 127 Å². The minimum Gasteiger partial charge on any atom is -0.508 e. The summed E-state index contributed by atoms with van der Waals surface area (Å²) in [5, 5.41) is 53.3. The number of carboxylic acids is 2. The summed E-state index contributed by atoms with van der Waals surface area (Å²) >= 11 is 0. The summed E-state index contributed by atoms with van der Waals surface area (Å²) in [7, 11) is -3.64. The number of pyridine rings is 2. The summed E-state index contributed by atoms with van der Waals surface area (Å²) < 4.78 is 23.2. The van der Waals surface area contributed by atoms with E-state index in [1.54, 1.807) is 100 Å². The summed E-state index contributed by atoms with van der Waals surface area (Å²) in [6, 6.07) is 24.2. The third-order valence-electron chi connectivity index (χ3n) is 12.7. The molecule has 0 aliphatic carbocycles. The Labute approximate surface area is 439 Å². The lowest BCUT2D eigenvalue weighted by atomic mass is 9.69. The van der Waals surface area contributed by atoms with E-state index < -0.39 is 135 Å². The van der Waals surface area contributed by atoms with Crippen LogP contribution < -0.4 is 21.3 Å². The number of benzene rings is 2. The van der Waals surface area contributed by atoms with Gasteiger partial charge in [0.05, 0.1) is 48.3 Å². The standard InChI is InChI=1S/C52H62B2N6O16/c1-29(2)25-39(57-47(67)43(31(5)61)59-45(65)37-21-13-19-35(55-37)33-15-9-7-10-16-33)53-73-41(63)27-51(75-53,49(69)70)23-24-52(50(71)72)28-42(64)74-54(76-52)40(26-30(3)4)58-48(68)44(32(6)62)60-46(66)38-22-14-20-36(56-38)34-17-11-8-12-18-34/h7-22,29-32,39-40,43-44,61-62H,23-28H2,1-6H3,(H,57,67)(H,58,68)(H,59,65)(H,60,66)(H,69,70)(H,71,72)/t31-,32-,39+,40+,43+,44+,51+,52+/m1/s1. The minimum absolute atomic E-state index is 0.00285. The van der Waals surface area contributed by atoms with Crippen LogP contribution in [0.4, 0.5) is 0 Å². The molecule has 4 amide bonds. The van der Waals surface area contributed by atoms with Gasteiger partial charge in [0.2, 0.25) is 11.8 Å². The lowest BCUT2D eigenvalue weighted by molar-refractivity contribution is -0.179. The number of hydrogen-bond donors (Lipinski definition) is 8. The Morgan fingerprint density at radius 1 is 0.539 bits per heavy atom. The number of aromatic nitrogens is 2. The summed E-state index contributed by atoms with van der Waals surface area (Å²) in [4.78, 5) is 117. The predicted octanol–water partition coefficient (Wildman–Crippen LogP) is 2.94. The van der Waals surface area contributed by atoms with Gasteiger partial charge < -0.3 is 60.3 Å². The Morgan fingerprint density at radius 2 is 0.895 bits per heavy atom. The third-order valence-corrected chi connectivity index (χ3v) is 12.7. The van der Waals surface area contributed by atoms with E-state index in [1.807, 2.05) is 12.1 Å². The molecule has 8 atom stereocenters. The molecule has 22 nitrogen and oxygen atoms in total. The van der Waals surface area contributed by atoms with Crippen molar-refractivity contribution in [3.8, 4) is 22.5 Å². The molecule has 0 bridgehead atoms. The number of aliphatic carboxylic acids is 2. The van der Waals surface area contributed by atoms with Crippen LogP contribution in [0.3, 0.4) is 0 Å². The Balaban J connectivity index is 1.19. The molecule has 4 aromatic rings. The van der Waals surface area contributed by atoms with Crippen molar-refractivity contribution in [3.05, 3.63) is 108 Å². The number of hydrogen-bond acceptors (Lipinski definition) is 16. The fraction of sp³-hybridized carbons (Fsp3) is 0.423. The zero-order valence-corrected chi connectivity index (χ0v) is 42.8. The van der Waals surface area contributed by atoms with E-state index in [9.17, 15) is 58.8 Å². The highest BCUT2D eigenvalue weighted by atomic mass is 16.7. The highest BCUT2D eigenvalue weighted by molar-refractivity contribution is 6.51. The maximum Gasteiger partial charge on any atom is 0.552 e. The van der Waals surface area contributed by atoms with Gasteiger partial charge in [-0.05, 0) is 75.6 Å². The van der Waals surface area contributed by atoms with Crippen molar-refractivity contribution in [2.75, 3.05) is 0 Å². The van der Waals surface area contributed by atoms with Gasteiger partial charge in [-0.1, -0.05) is 100 Å². The van der Waals surface area contributed by atoms with Crippen molar-refractivity contribution in [1.29, 1.82) is 0 Å². The normalized spacial score (nSPS) is 20.0. The Bertz CT molecular complexity index is 2570. The van der Waals surface area contributed by atoms with Crippen LogP contribution >= 0.6 is 0 Å². The first kappa shape index (κ1) is 57.7. The fourth-order valence-electron chi connectivity index (χ4n) is 8.82. The van der Waals surface area contributed by atoms with Gasteiger partial charge in [0, 0.05) is 11.1 Å². The Kier molecular flexibility index (Phi) is 19.2. The van der Waals surface area contributed by atoms with E-state index in [0.29, 0.717) is 11.4 Å². The van der Waals surface area contributed by atoms with E-state index in [2.05, 4.69) is 31.2 Å².